The van der Waals surface area contributed by atoms with Crippen molar-refractivity contribution in [3.63, 3.8) is 0 Å². The van der Waals surface area contributed by atoms with Crippen LogP contribution in [-0.4, -0.2) is 72.1 Å². The second-order valence-electron chi connectivity index (χ2n) is 10.0. The van der Waals surface area contributed by atoms with Crippen LogP contribution in [0.4, 0.5) is 4.39 Å². The molecule has 0 radical (unpaired) electrons. The molecular weight excluding hydrogens is 505 g/mol. The predicted octanol–water partition coefficient (Wildman–Crippen LogP) is 4.33. The largest absolute Gasteiger partial charge is 0.454 e. The molecule has 0 spiro atoms. The van der Waals surface area contributed by atoms with E-state index in [1.54, 1.807) is 41.7 Å². The zero-order valence-corrected chi connectivity index (χ0v) is 22.1. The van der Waals surface area contributed by atoms with E-state index in [1.165, 1.54) is 16.5 Å². The van der Waals surface area contributed by atoms with E-state index in [4.69, 9.17) is 9.47 Å². The Kier molecular flexibility index (Phi) is 6.80. The fraction of sp³-hybridized carbons (Fsp3) is 0.379. The highest BCUT2D eigenvalue weighted by molar-refractivity contribution is 7.10. The van der Waals surface area contributed by atoms with E-state index in [0.717, 1.165) is 18.5 Å². The summed E-state index contributed by atoms with van der Waals surface area (Å²) in [5.41, 5.74) is 2.69. The van der Waals surface area contributed by atoms with Crippen molar-refractivity contribution in [2.45, 2.75) is 31.8 Å². The molecule has 2 amide bonds. The number of hydrogen-bond acceptors (Lipinski definition) is 6. The van der Waals surface area contributed by atoms with E-state index < -0.39 is 0 Å². The van der Waals surface area contributed by atoms with E-state index in [9.17, 15) is 14.0 Å². The molecule has 0 aliphatic carbocycles. The first-order valence-corrected chi connectivity index (χ1v) is 13.9. The standard InChI is InChI=1S/C29H30FN3O4S/c1-19-17-32(12-13-33(19)29(35)21-5-6-24-25(16-21)37-18-36-24)27(34)8-11-31-10-7-26-23(9-14-38-26)28(31)20-3-2-4-22(30)15-20/h2-6,9,14-16,19,28H,7-8,10-13,17-18H2,1H3. The minimum Gasteiger partial charge on any atom is -0.454 e. The Morgan fingerprint density at radius 3 is 2.76 bits per heavy atom. The van der Waals surface area contributed by atoms with E-state index in [-0.39, 0.29) is 36.5 Å². The Bertz CT molecular complexity index is 1360. The topological polar surface area (TPSA) is 62.3 Å². The van der Waals surface area contributed by atoms with E-state index in [0.29, 0.717) is 49.7 Å². The first-order valence-electron chi connectivity index (χ1n) is 13.0. The Hall–Kier alpha value is -3.43. The summed E-state index contributed by atoms with van der Waals surface area (Å²) in [7, 11) is 0. The minimum absolute atomic E-state index is 0.0522. The minimum atomic E-state index is -0.247. The van der Waals surface area contributed by atoms with Crippen LogP contribution in [0.15, 0.2) is 53.9 Å². The van der Waals surface area contributed by atoms with Crippen LogP contribution in [-0.2, 0) is 11.2 Å². The molecule has 0 bridgehead atoms. The molecule has 2 atom stereocenters. The molecule has 3 aliphatic heterocycles. The summed E-state index contributed by atoms with van der Waals surface area (Å²) in [5, 5.41) is 2.09. The van der Waals surface area contributed by atoms with Gasteiger partial charge in [0.1, 0.15) is 5.82 Å². The van der Waals surface area contributed by atoms with Crippen LogP contribution in [0, 0.1) is 5.82 Å². The van der Waals surface area contributed by atoms with Gasteiger partial charge >= 0.3 is 0 Å². The molecule has 1 saturated heterocycles. The molecule has 6 rings (SSSR count). The molecule has 2 unspecified atom stereocenters. The van der Waals surface area contributed by atoms with E-state index in [1.807, 2.05) is 22.8 Å². The number of hydrogen-bond donors (Lipinski definition) is 0. The smallest absolute Gasteiger partial charge is 0.254 e. The van der Waals surface area contributed by atoms with Gasteiger partial charge in [-0.2, -0.15) is 0 Å². The Morgan fingerprint density at radius 1 is 1.05 bits per heavy atom. The maximum atomic E-state index is 14.1. The number of piperazine rings is 1. The molecule has 0 saturated carbocycles. The zero-order chi connectivity index (χ0) is 26.2. The quantitative estimate of drug-likeness (QED) is 0.487. The van der Waals surface area contributed by atoms with Gasteiger partial charge in [-0.1, -0.05) is 12.1 Å². The lowest BCUT2D eigenvalue weighted by molar-refractivity contribution is -0.134. The van der Waals surface area contributed by atoms with Crippen molar-refractivity contribution in [1.82, 2.24) is 14.7 Å². The number of benzene rings is 2. The number of thiophene rings is 1. The summed E-state index contributed by atoms with van der Waals surface area (Å²) < 4.78 is 24.8. The summed E-state index contributed by atoms with van der Waals surface area (Å²) >= 11 is 1.74. The van der Waals surface area contributed by atoms with Gasteiger partial charge in [-0.3, -0.25) is 14.5 Å². The number of halogens is 1. The van der Waals surface area contributed by atoms with Crippen molar-refractivity contribution in [2.24, 2.45) is 0 Å². The Labute approximate surface area is 225 Å². The zero-order valence-electron chi connectivity index (χ0n) is 21.3. The molecule has 3 aliphatic rings. The highest BCUT2D eigenvalue weighted by Gasteiger charge is 2.33. The van der Waals surface area contributed by atoms with Crippen LogP contribution in [0.3, 0.4) is 0 Å². The summed E-state index contributed by atoms with van der Waals surface area (Å²) in [6.45, 7) is 5.05. The molecule has 2 aromatic carbocycles. The summed E-state index contributed by atoms with van der Waals surface area (Å²) in [6.07, 6.45) is 1.32. The third-order valence-corrected chi connectivity index (χ3v) is 8.70. The number of rotatable bonds is 5. The van der Waals surface area contributed by atoms with Crippen molar-refractivity contribution in [3.8, 4) is 11.5 Å². The van der Waals surface area contributed by atoms with Gasteiger partial charge in [0.05, 0.1) is 6.04 Å². The fourth-order valence-electron chi connectivity index (χ4n) is 5.75. The molecule has 9 heteroatoms. The van der Waals surface area contributed by atoms with Gasteiger partial charge in [-0.05, 0) is 66.2 Å². The molecule has 198 valence electrons. The van der Waals surface area contributed by atoms with Crippen molar-refractivity contribution in [2.75, 3.05) is 39.5 Å². The Balaban J connectivity index is 1.09. The van der Waals surface area contributed by atoms with Gasteiger partial charge in [0, 0.05) is 55.6 Å². The number of fused-ring (bicyclic) bond motifs is 2. The lowest BCUT2D eigenvalue weighted by Crippen LogP contribution is -2.55. The van der Waals surface area contributed by atoms with Crippen LogP contribution >= 0.6 is 11.3 Å². The van der Waals surface area contributed by atoms with Gasteiger partial charge in [0.25, 0.3) is 5.91 Å². The first-order chi connectivity index (χ1) is 18.5. The molecule has 0 N–H and O–H groups in total. The first kappa shape index (κ1) is 24.9. The van der Waals surface area contributed by atoms with Crippen molar-refractivity contribution >= 4 is 23.2 Å². The molecule has 1 fully saturated rings. The average Bonchev–Trinajstić information content (AvgIpc) is 3.60. The maximum absolute atomic E-state index is 14.1. The van der Waals surface area contributed by atoms with Crippen LogP contribution in [0.2, 0.25) is 0 Å². The normalized spacial score (nSPS) is 20.9. The highest BCUT2D eigenvalue weighted by Crippen LogP contribution is 2.38. The van der Waals surface area contributed by atoms with Gasteiger partial charge in [0.15, 0.2) is 11.5 Å². The van der Waals surface area contributed by atoms with E-state index in [2.05, 4.69) is 16.3 Å². The van der Waals surface area contributed by atoms with E-state index >= 15 is 0 Å². The summed E-state index contributed by atoms with van der Waals surface area (Å²) in [4.78, 5) is 33.8. The van der Waals surface area contributed by atoms with Crippen molar-refractivity contribution in [1.29, 1.82) is 0 Å². The van der Waals surface area contributed by atoms with Gasteiger partial charge < -0.3 is 19.3 Å². The Morgan fingerprint density at radius 2 is 1.92 bits per heavy atom. The van der Waals surface area contributed by atoms with Gasteiger partial charge in [-0.25, -0.2) is 4.39 Å². The molecule has 3 aromatic rings. The second kappa shape index (κ2) is 10.4. The highest BCUT2D eigenvalue weighted by atomic mass is 32.1. The van der Waals surface area contributed by atoms with Crippen LogP contribution in [0.1, 0.15) is 45.7 Å². The van der Waals surface area contributed by atoms with Crippen LogP contribution in [0.25, 0.3) is 0 Å². The number of carbonyl (C=O) groups is 2. The molecule has 7 nitrogen and oxygen atoms in total. The second-order valence-corrected chi connectivity index (χ2v) is 11.0. The average molecular weight is 536 g/mol. The number of nitrogens with zero attached hydrogens (tertiary/aromatic N) is 3. The third-order valence-electron chi connectivity index (χ3n) is 7.70. The molecule has 1 aromatic heterocycles. The monoisotopic (exact) mass is 535 g/mol. The lowest BCUT2D eigenvalue weighted by Gasteiger charge is -2.41. The predicted molar refractivity (Wildman–Crippen MR) is 142 cm³/mol. The van der Waals surface area contributed by atoms with Crippen LogP contribution in [0.5, 0.6) is 11.5 Å². The van der Waals surface area contributed by atoms with Gasteiger partial charge in [0.2, 0.25) is 12.7 Å². The fourth-order valence-corrected chi connectivity index (χ4v) is 6.66. The summed E-state index contributed by atoms with van der Waals surface area (Å²) in [6, 6.07) is 14.0. The molecular formula is C29H30FN3O4S. The number of amides is 2. The van der Waals surface area contributed by atoms with Gasteiger partial charge in [-0.15, -0.1) is 11.3 Å². The van der Waals surface area contributed by atoms with Crippen molar-refractivity contribution in [3.05, 3.63) is 81.3 Å². The summed E-state index contributed by atoms with van der Waals surface area (Å²) in [5.74, 6) is 1.000. The number of carbonyl (C=O) groups excluding carboxylic acids is 2. The number of ether oxygens (including phenoxy) is 2. The molecule has 38 heavy (non-hydrogen) atoms. The third kappa shape index (κ3) is 4.76. The van der Waals surface area contributed by atoms with Crippen molar-refractivity contribution < 1.29 is 23.5 Å². The maximum Gasteiger partial charge on any atom is 0.254 e. The SMILES string of the molecule is CC1CN(C(=O)CCN2CCc3sccc3C2c2cccc(F)c2)CCN1C(=O)c1ccc2c(c1)OCO2. The lowest BCUT2D eigenvalue weighted by atomic mass is 9.93. The van der Waals surface area contributed by atoms with Crippen LogP contribution < -0.4 is 9.47 Å². The molecule has 4 heterocycles.